The number of Topliss-reactive ketones (excluding diaryl/α,β-unsaturated/α-hetero) is 2. The number of ketones is 2. The van der Waals surface area contributed by atoms with E-state index in [1.807, 2.05) is 12.1 Å². The highest BCUT2D eigenvalue weighted by Crippen LogP contribution is 2.24. The number of carbonyl (C=O) groups excluding carboxylic acids is 3. The molecule has 0 bridgehead atoms. The fraction of sp³-hybridized carbons (Fsp3) is 0.211. The molecule has 1 atom stereocenters. The number of benzene rings is 2. The summed E-state index contributed by atoms with van der Waals surface area (Å²) in [6.07, 6.45) is 0.376. The first-order valence-corrected chi connectivity index (χ1v) is 7.93. The Kier molecular flexibility index (Phi) is 4.79. The third-order valence-electron chi connectivity index (χ3n) is 3.91. The van der Waals surface area contributed by atoms with Crippen LogP contribution >= 0.6 is 0 Å². The lowest BCUT2D eigenvalue weighted by Crippen LogP contribution is -2.27. The van der Waals surface area contributed by atoms with Crippen molar-refractivity contribution in [2.75, 3.05) is 5.32 Å². The molecule has 1 heterocycles. The van der Waals surface area contributed by atoms with Crippen molar-refractivity contribution >= 4 is 28.8 Å². The summed E-state index contributed by atoms with van der Waals surface area (Å²) in [4.78, 5) is 35.7. The molecular weight excluding hydrogens is 318 g/mol. The van der Waals surface area contributed by atoms with Crippen molar-refractivity contribution in [3.05, 3.63) is 59.7 Å². The van der Waals surface area contributed by atoms with Crippen molar-refractivity contribution in [2.45, 2.75) is 25.8 Å². The Hall–Kier alpha value is -3.15. The predicted molar refractivity (Wildman–Crippen MR) is 92.9 cm³/mol. The van der Waals surface area contributed by atoms with E-state index in [1.165, 1.54) is 6.92 Å². The first kappa shape index (κ1) is 16.7. The SMILES string of the molecule is CC(=O)C(N=Nc1ccccc1)C(=O)Cc1ccc2c(c1)CC(=O)N2. The molecule has 0 aliphatic carbocycles. The molecule has 3 rings (SSSR count). The molecule has 2 aromatic carbocycles. The van der Waals surface area contributed by atoms with E-state index >= 15 is 0 Å². The quantitative estimate of drug-likeness (QED) is 0.650. The zero-order valence-corrected chi connectivity index (χ0v) is 13.7. The lowest BCUT2D eigenvalue weighted by atomic mass is 9.99. The monoisotopic (exact) mass is 335 g/mol. The zero-order valence-electron chi connectivity index (χ0n) is 13.7. The molecule has 6 heteroatoms. The van der Waals surface area contributed by atoms with Gasteiger partial charge in [-0.25, -0.2) is 0 Å². The molecule has 1 aliphatic rings. The van der Waals surface area contributed by atoms with Crippen molar-refractivity contribution in [1.29, 1.82) is 0 Å². The third kappa shape index (κ3) is 4.03. The van der Waals surface area contributed by atoms with Crippen molar-refractivity contribution in [1.82, 2.24) is 0 Å². The number of azo groups is 1. The number of hydrogen-bond acceptors (Lipinski definition) is 5. The van der Waals surface area contributed by atoms with Crippen LogP contribution in [0.1, 0.15) is 18.1 Å². The Morgan fingerprint density at radius 1 is 1.16 bits per heavy atom. The molecule has 1 aliphatic heterocycles. The second kappa shape index (κ2) is 7.17. The van der Waals surface area contributed by atoms with Crippen molar-refractivity contribution in [3.63, 3.8) is 0 Å². The Bertz CT molecular complexity index is 859. The molecule has 126 valence electrons. The summed E-state index contributed by atoms with van der Waals surface area (Å²) in [5, 5.41) is 10.7. The summed E-state index contributed by atoms with van der Waals surface area (Å²) < 4.78 is 0. The van der Waals surface area contributed by atoms with Gasteiger partial charge in [0.25, 0.3) is 0 Å². The van der Waals surface area contributed by atoms with E-state index in [0.29, 0.717) is 12.1 Å². The number of fused-ring (bicyclic) bond motifs is 1. The lowest BCUT2D eigenvalue weighted by Gasteiger charge is -2.08. The van der Waals surface area contributed by atoms with Gasteiger partial charge in [-0.1, -0.05) is 30.3 Å². The van der Waals surface area contributed by atoms with E-state index in [0.717, 1.165) is 16.8 Å². The molecule has 0 aromatic heterocycles. The average Bonchev–Trinajstić information content (AvgIpc) is 2.95. The van der Waals surface area contributed by atoms with Crippen LogP contribution in [0.25, 0.3) is 0 Å². The molecule has 0 saturated heterocycles. The Balaban J connectivity index is 1.73. The molecule has 25 heavy (non-hydrogen) atoms. The molecule has 1 unspecified atom stereocenters. The highest BCUT2D eigenvalue weighted by atomic mass is 16.2. The van der Waals surface area contributed by atoms with Crippen molar-refractivity contribution in [2.24, 2.45) is 10.2 Å². The summed E-state index contributed by atoms with van der Waals surface area (Å²) >= 11 is 0. The van der Waals surface area contributed by atoms with Crippen LogP contribution in [0.5, 0.6) is 0 Å². The van der Waals surface area contributed by atoms with Gasteiger partial charge in [-0.05, 0) is 36.2 Å². The van der Waals surface area contributed by atoms with E-state index < -0.39 is 6.04 Å². The minimum absolute atomic E-state index is 0.0586. The Morgan fingerprint density at radius 3 is 2.64 bits per heavy atom. The molecule has 0 radical (unpaired) electrons. The molecule has 0 fully saturated rings. The van der Waals surface area contributed by atoms with Gasteiger partial charge in [0.05, 0.1) is 12.1 Å². The van der Waals surface area contributed by atoms with Crippen LogP contribution in [0, 0.1) is 0 Å². The van der Waals surface area contributed by atoms with Gasteiger partial charge in [0, 0.05) is 12.1 Å². The summed E-state index contributed by atoms with van der Waals surface area (Å²) in [5.41, 5.74) is 2.97. The third-order valence-corrected chi connectivity index (χ3v) is 3.91. The average molecular weight is 335 g/mol. The second-order valence-corrected chi connectivity index (χ2v) is 5.92. The normalized spacial score (nSPS) is 14.2. The maximum absolute atomic E-state index is 12.5. The lowest BCUT2D eigenvalue weighted by molar-refractivity contribution is -0.127. The van der Waals surface area contributed by atoms with E-state index in [4.69, 9.17) is 0 Å². The van der Waals surface area contributed by atoms with Gasteiger partial charge >= 0.3 is 0 Å². The van der Waals surface area contributed by atoms with Crippen LogP contribution in [0.2, 0.25) is 0 Å². The standard InChI is InChI=1S/C19H17N3O3/c1-12(23)19(22-21-15-5-3-2-4-6-15)17(24)10-13-7-8-16-14(9-13)11-18(25)20-16/h2-9,19H,10-11H2,1H3,(H,20,25). The van der Waals surface area contributed by atoms with Crippen molar-refractivity contribution in [3.8, 4) is 0 Å². The van der Waals surface area contributed by atoms with E-state index in [-0.39, 0.29) is 23.9 Å². The molecule has 1 N–H and O–H groups in total. The highest BCUT2D eigenvalue weighted by molar-refractivity contribution is 6.06. The number of anilines is 1. The summed E-state index contributed by atoms with van der Waals surface area (Å²) in [7, 11) is 0. The van der Waals surface area contributed by atoms with Gasteiger partial charge in [0.2, 0.25) is 5.91 Å². The topological polar surface area (TPSA) is 88.0 Å². The number of amides is 1. The molecule has 0 saturated carbocycles. The van der Waals surface area contributed by atoms with Gasteiger partial charge in [0.1, 0.15) is 0 Å². The summed E-state index contributed by atoms with van der Waals surface area (Å²) in [6.45, 7) is 1.33. The minimum atomic E-state index is -1.12. The number of hydrogen-bond donors (Lipinski definition) is 1. The maximum Gasteiger partial charge on any atom is 0.228 e. The molecule has 1 amide bonds. The smallest absolute Gasteiger partial charge is 0.228 e. The van der Waals surface area contributed by atoms with Gasteiger partial charge in [-0.2, -0.15) is 10.2 Å². The fourth-order valence-corrected chi connectivity index (χ4v) is 2.68. The highest BCUT2D eigenvalue weighted by Gasteiger charge is 2.24. The Morgan fingerprint density at radius 2 is 1.92 bits per heavy atom. The van der Waals surface area contributed by atoms with Gasteiger partial charge in [0.15, 0.2) is 17.6 Å². The van der Waals surface area contributed by atoms with Crippen LogP contribution in [0.3, 0.4) is 0 Å². The van der Waals surface area contributed by atoms with E-state index in [2.05, 4.69) is 15.5 Å². The largest absolute Gasteiger partial charge is 0.326 e. The molecule has 2 aromatic rings. The van der Waals surface area contributed by atoms with Gasteiger partial charge in [-0.15, -0.1) is 0 Å². The van der Waals surface area contributed by atoms with Crippen LogP contribution < -0.4 is 5.32 Å². The minimum Gasteiger partial charge on any atom is -0.326 e. The van der Waals surface area contributed by atoms with Crippen LogP contribution in [0.4, 0.5) is 11.4 Å². The number of carbonyl (C=O) groups is 3. The fourth-order valence-electron chi connectivity index (χ4n) is 2.68. The maximum atomic E-state index is 12.5. The van der Waals surface area contributed by atoms with E-state index in [9.17, 15) is 14.4 Å². The van der Waals surface area contributed by atoms with Gasteiger partial charge in [-0.3, -0.25) is 14.4 Å². The van der Waals surface area contributed by atoms with Crippen LogP contribution in [0.15, 0.2) is 58.8 Å². The Labute approximate surface area is 145 Å². The van der Waals surface area contributed by atoms with Crippen molar-refractivity contribution < 1.29 is 14.4 Å². The first-order valence-electron chi connectivity index (χ1n) is 7.93. The summed E-state index contributed by atoms with van der Waals surface area (Å²) in [5.74, 6) is -0.719. The number of rotatable bonds is 6. The zero-order chi connectivity index (χ0) is 17.8. The predicted octanol–water partition coefficient (Wildman–Crippen LogP) is 3.03. The van der Waals surface area contributed by atoms with Crippen LogP contribution in [-0.4, -0.2) is 23.5 Å². The first-order chi connectivity index (χ1) is 12.0. The number of nitrogens with one attached hydrogen (secondary N) is 1. The molecule has 6 nitrogen and oxygen atoms in total. The second-order valence-electron chi connectivity index (χ2n) is 5.92. The summed E-state index contributed by atoms with van der Waals surface area (Å²) in [6, 6.07) is 13.2. The van der Waals surface area contributed by atoms with Crippen LogP contribution in [-0.2, 0) is 27.2 Å². The molecular formula is C19H17N3O3. The van der Waals surface area contributed by atoms with E-state index in [1.54, 1.807) is 36.4 Å². The van der Waals surface area contributed by atoms with Gasteiger partial charge < -0.3 is 5.32 Å². The molecule has 0 spiro atoms. The number of nitrogens with zero attached hydrogens (tertiary/aromatic N) is 2.